The summed E-state index contributed by atoms with van der Waals surface area (Å²) < 4.78 is 11.5. The molecule has 0 bridgehead atoms. The summed E-state index contributed by atoms with van der Waals surface area (Å²) in [5, 5.41) is 18.8. The lowest BCUT2D eigenvalue weighted by Gasteiger charge is -2.08. The number of aryl methyl sites for hydroxylation is 2. The predicted octanol–water partition coefficient (Wildman–Crippen LogP) is 10.3. The fraction of sp³-hybridized carbons (Fsp3) is 0.100. The molecule has 0 aliphatic rings. The van der Waals surface area contributed by atoms with Crippen LogP contribution in [0, 0.1) is 13.8 Å². The minimum absolute atomic E-state index is 0.246. The zero-order chi connectivity index (χ0) is 32.9. The number of aromatic nitrogens is 4. The number of fused-ring (bicyclic) bond motifs is 8. The average molecular weight is 651 g/mol. The lowest BCUT2D eigenvalue weighted by molar-refractivity contribution is 0.306. The Balaban J connectivity index is 0.000000148. The van der Waals surface area contributed by atoms with E-state index in [0.717, 1.165) is 82.0 Å². The molecule has 48 heavy (non-hydrogen) atoms. The molecule has 4 heterocycles. The van der Waals surface area contributed by atoms with E-state index in [0.29, 0.717) is 17.6 Å². The van der Waals surface area contributed by atoms with Gasteiger partial charge in [-0.2, -0.15) is 0 Å². The Kier molecular flexibility index (Phi) is 7.26. The molecule has 0 unspecified atom stereocenters. The van der Waals surface area contributed by atoms with Gasteiger partial charge in [-0.25, -0.2) is 9.97 Å². The number of benzene rings is 5. The van der Waals surface area contributed by atoms with Gasteiger partial charge >= 0.3 is 0 Å². The summed E-state index contributed by atoms with van der Waals surface area (Å²) >= 11 is 6.25. The van der Waals surface area contributed by atoms with E-state index in [9.17, 15) is 5.11 Å². The number of hydrogen-bond donors (Lipinski definition) is 3. The first-order valence-electron chi connectivity index (χ1n) is 15.6. The smallest absolute Gasteiger partial charge is 0.221 e. The number of phenols is 1. The topological polar surface area (TPSA) is 96.0 Å². The van der Waals surface area contributed by atoms with Gasteiger partial charge in [0.15, 0.2) is 0 Å². The third kappa shape index (κ3) is 5.00. The van der Waals surface area contributed by atoms with Crippen LogP contribution in [-0.2, 0) is 6.61 Å². The van der Waals surface area contributed by atoms with Gasteiger partial charge in [0.1, 0.15) is 23.3 Å². The van der Waals surface area contributed by atoms with Crippen molar-refractivity contribution in [3.05, 3.63) is 125 Å². The van der Waals surface area contributed by atoms with Gasteiger partial charge in [-0.15, -0.1) is 0 Å². The van der Waals surface area contributed by atoms with Gasteiger partial charge in [-0.3, -0.25) is 0 Å². The Labute approximate surface area is 280 Å². The number of pyridine rings is 2. The Morgan fingerprint density at radius 3 is 2.40 bits per heavy atom. The molecule has 5 aromatic carbocycles. The number of nitrogens with one attached hydrogen (secondary N) is 2. The van der Waals surface area contributed by atoms with Crippen LogP contribution in [0.3, 0.4) is 0 Å². The number of halogens is 1. The van der Waals surface area contributed by atoms with E-state index in [4.69, 9.17) is 21.1 Å². The number of H-pyrrole nitrogens is 2. The monoisotopic (exact) mass is 650 g/mol. The first kappa shape index (κ1) is 29.6. The molecule has 236 valence electrons. The van der Waals surface area contributed by atoms with Crippen molar-refractivity contribution in [2.75, 3.05) is 7.11 Å². The van der Waals surface area contributed by atoms with E-state index in [1.54, 1.807) is 25.4 Å². The fourth-order valence-electron chi connectivity index (χ4n) is 6.63. The van der Waals surface area contributed by atoms with Gasteiger partial charge in [0, 0.05) is 50.2 Å². The van der Waals surface area contributed by atoms with Crippen molar-refractivity contribution in [2.45, 2.75) is 20.5 Å². The van der Waals surface area contributed by atoms with Crippen LogP contribution in [0.1, 0.15) is 16.7 Å². The molecule has 3 N–H and O–H groups in total. The number of aromatic hydroxyl groups is 1. The number of nitrogens with zero attached hydrogens (tertiary/aromatic N) is 2. The van der Waals surface area contributed by atoms with Crippen LogP contribution in [0.4, 0.5) is 0 Å². The van der Waals surface area contributed by atoms with Crippen LogP contribution in [0.2, 0.25) is 5.15 Å². The highest BCUT2D eigenvalue weighted by Gasteiger charge is 2.15. The molecule has 8 heteroatoms. The zero-order valence-electron chi connectivity index (χ0n) is 26.6. The molecule has 0 saturated heterocycles. The number of hydrogen-bond acceptors (Lipinski definition) is 5. The second-order valence-corrected chi connectivity index (χ2v) is 12.3. The second-order valence-electron chi connectivity index (χ2n) is 11.9. The van der Waals surface area contributed by atoms with Crippen LogP contribution >= 0.6 is 11.6 Å². The van der Waals surface area contributed by atoms with Crippen molar-refractivity contribution in [3.63, 3.8) is 0 Å². The van der Waals surface area contributed by atoms with Gasteiger partial charge in [0.2, 0.25) is 5.88 Å². The quantitative estimate of drug-likeness (QED) is 0.165. The zero-order valence-corrected chi connectivity index (χ0v) is 27.3. The van der Waals surface area contributed by atoms with E-state index in [1.807, 2.05) is 61.7 Å². The Bertz CT molecular complexity index is 2660. The van der Waals surface area contributed by atoms with Gasteiger partial charge in [-0.05, 0) is 102 Å². The fourth-order valence-corrected chi connectivity index (χ4v) is 6.85. The van der Waals surface area contributed by atoms with Gasteiger partial charge < -0.3 is 24.5 Å². The van der Waals surface area contributed by atoms with Crippen molar-refractivity contribution in [1.82, 2.24) is 19.9 Å². The Morgan fingerprint density at radius 1 is 0.750 bits per heavy atom. The average Bonchev–Trinajstić information content (AvgIpc) is 3.67. The molecule has 9 rings (SSSR count). The summed E-state index contributed by atoms with van der Waals surface area (Å²) in [6, 6.07) is 29.9. The summed E-state index contributed by atoms with van der Waals surface area (Å²) in [6.07, 6.45) is 3.62. The Morgan fingerprint density at radius 2 is 1.56 bits per heavy atom. The van der Waals surface area contributed by atoms with Crippen molar-refractivity contribution in [3.8, 4) is 17.4 Å². The summed E-state index contributed by atoms with van der Waals surface area (Å²) in [4.78, 5) is 15.6. The third-order valence-electron chi connectivity index (χ3n) is 9.07. The maximum absolute atomic E-state index is 9.69. The summed E-state index contributed by atoms with van der Waals surface area (Å²) in [6.45, 7) is 4.73. The van der Waals surface area contributed by atoms with Crippen LogP contribution in [0.25, 0.3) is 65.2 Å². The van der Waals surface area contributed by atoms with E-state index in [-0.39, 0.29) is 5.75 Å². The van der Waals surface area contributed by atoms with Gasteiger partial charge in [-0.1, -0.05) is 41.9 Å². The molecule has 0 spiro atoms. The SMILES string of the molecule is COc1nccc2c(C)c3[nH]c4ccc(OCc5ccccc5)cc4c3cc12.Cc1c2cc[nH]c(Cl)c2cc2c1nc1ccc(O)cc12. The minimum atomic E-state index is 0.246. The predicted molar refractivity (Wildman–Crippen MR) is 196 cm³/mol. The molecule has 0 fully saturated rings. The first-order valence-corrected chi connectivity index (χ1v) is 16.0. The van der Waals surface area contributed by atoms with E-state index in [2.05, 4.69) is 57.2 Å². The maximum atomic E-state index is 9.69. The van der Waals surface area contributed by atoms with Gasteiger partial charge in [0.25, 0.3) is 0 Å². The number of ether oxygens (including phenoxy) is 2. The van der Waals surface area contributed by atoms with E-state index >= 15 is 0 Å². The summed E-state index contributed by atoms with van der Waals surface area (Å²) in [5.74, 6) is 1.75. The normalized spacial score (nSPS) is 11.5. The van der Waals surface area contributed by atoms with E-state index in [1.165, 1.54) is 5.56 Å². The third-order valence-corrected chi connectivity index (χ3v) is 9.38. The molecule has 0 aliphatic carbocycles. The van der Waals surface area contributed by atoms with Gasteiger partial charge in [0.05, 0.1) is 23.7 Å². The van der Waals surface area contributed by atoms with Crippen LogP contribution < -0.4 is 9.47 Å². The molecule has 0 amide bonds. The van der Waals surface area contributed by atoms with Crippen molar-refractivity contribution in [2.24, 2.45) is 0 Å². The van der Waals surface area contributed by atoms with Crippen LogP contribution in [0.5, 0.6) is 17.4 Å². The summed E-state index contributed by atoms with van der Waals surface area (Å²) in [7, 11) is 1.66. The molecule has 4 aromatic heterocycles. The lowest BCUT2D eigenvalue weighted by Crippen LogP contribution is -1.94. The lowest BCUT2D eigenvalue weighted by atomic mass is 10.0. The van der Waals surface area contributed by atoms with Crippen LogP contribution in [0.15, 0.2) is 103 Å². The molecule has 0 atom stereocenters. The maximum Gasteiger partial charge on any atom is 0.221 e. The Hall–Kier alpha value is -5.79. The molecule has 0 radical (unpaired) electrons. The molecule has 9 aromatic rings. The van der Waals surface area contributed by atoms with Crippen molar-refractivity contribution < 1.29 is 14.6 Å². The minimum Gasteiger partial charge on any atom is -0.508 e. The van der Waals surface area contributed by atoms with Crippen molar-refractivity contribution >= 4 is 76.8 Å². The molecular formula is C40H31ClN4O3. The van der Waals surface area contributed by atoms with Crippen LogP contribution in [-0.4, -0.2) is 32.2 Å². The number of methoxy groups -OCH3 is 1. The van der Waals surface area contributed by atoms with E-state index < -0.39 is 0 Å². The highest BCUT2D eigenvalue weighted by Crippen LogP contribution is 2.38. The second kappa shape index (κ2) is 11.8. The number of phenolic OH excluding ortho intramolecular Hbond substituents is 1. The molecule has 0 saturated carbocycles. The molecule has 7 nitrogen and oxygen atoms in total. The van der Waals surface area contributed by atoms with Crippen molar-refractivity contribution in [1.29, 1.82) is 0 Å². The number of rotatable bonds is 4. The highest BCUT2D eigenvalue weighted by molar-refractivity contribution is 6.35. The largest absolute Gasteiger partial charge is 0.508 e. The first-order chi connectivity index (χ1) is 23.4. The number of aromatic amines is 2. The molecule has 0 aliphatic heterocycles. The standard InChI is InChI=1S/C24H20N2O2.C16H11ClN2O/c1-15-18-10-11-25-24(27-2)21(18)13-20-19-12-17(8-9-22(19)26-23(15)20)28-14-16-6-4-3-5-7-16;1-8-10-4-5-18-16(17)13(10)7-12-11-6-9(20)2-3-14(11)19-15(8)12/h3-13,26H,14H2,1-2H3;2-7,18,20H,1H3. The highest BCUT2D eigenvalue weighted by atomic mass is 35.5. The molecular weight excluding hydrogens is 620 g/mol. The summed E-state index contributed by atoms with van der Waals surface area (Å²) in [5.41, 5.74) is 7.51.